The summed E-state index contributed by atoms with van der Waals surface area (Å²) in [6.07, 6.45) is 13.2. The summed E-state index contributed by atoms with van der Waals surface area (Å²) in [5.41, 5.74) is 6.19. The standard InChI is InChI=1S/C30H38N2O2.2C21H24N7.2Th/c1-17(2)21-11-9-12-22(18(3)4)29(21)31-25-15-28(34)26(16-27(25)33)32-30-23(19(5)6)13-10-14-24(30)20(7)8;2*1-4-10-22-19(7-1)25-13-16-28(17-14-26-20-8-2-5-11-23-20)18-15-27-21-9-3-6-12-24-21;;/h9-20,33-34H,1-8H3;2*1-12H,13-18H2;;/q;2*-3;2*+4/p-2. The van der Waals surface area contributed by atoms with Crippen LogP contribution in [0.4, 0.5) is 46.3 Å². The minimum absolute atomic E-state index is 0. The quantitative estimate of drug-likeness (QED) is 0.0386. The minimum Gasteiger partial charge on any atom is -0.871 e. The summed E-state index contributed by atoms with van der Waals surface area (Å²) in [5.74, 6) is 4.98. The molecule has 9 rings (SSSR count). The van der Waals surface area contributed by atoms with Gasteiger partial charge in [0.25, 0.3) is 0 Å². The average molecular weight is 1670 g/mol. The first-order valence-corrected chi connectivity index (χ1v) is 31.0. The molecule has 18 nitrogen and oxygen atoms in total. The Hall–Kier alpha value is -6.87. The second-order valence-electron chi connectivity index (χ2n) is 22.3. The van der Waals surface area contributed by atoms with E-state index in [2.05, 4.69) is 127 Å². The first kappa shape index (κ1) is 75.8. The Balaban J connectivity index is 0.000000249. The van der Waals surface area contributed by atoms with Crippen molar-refractivity contribution in [3.8, 4) is 0 Å². The molecular weight excluding hydrogens is 1580 g/mol. The van der Waals surface area contributed by atoms with Crippen molar-refractivity contribution in [2.75, 3.05) is 78.5 Å². The second kappa shape index (κ2) is 42.4. The number of nitrogens with zero attached hydrogens (tertiary/aromatic N) is 16. The third-order valence-electron chi connectivity index (χ3n) is 14.2. The summed E-state index contributed by atoms with van der Waals surface area (Å²) in [6, 6.07) is 46.7. The normalized spacial score (nSPS) is 12.7. The fraction of sp³-hybridized carbons (Fsp3) is 0.333. The van der Waals surface area contributed by atoms with Gasteiger partial charge in [-0.1, -0.05) is 285 Å². The number of rotatable bonds is 30. The van der Waals surface area contributed by atoms with Crippen LogP contribution in [0.3, 0.4) is 0 Å². The van der Waals surface area contributed by atoms with E-state index in [0.717, 1.165) is 108 Å². The molecule has 0 aliphatic heterocycles. The van der Waals surface area contributed by atoms with Crippen molar-refractivity contribution >= 4 is 57.7 Å². The SMILES string of the molecule is CC(C)c1cccc(C(C)C)c1N=C1C=C([O-])C(=Nc2c(C(C)C)cccc2C(C)C)C=C1[O-].[Th+4].[Th+4].c1ccc([N-]CCN(CC[N-]c2ccccn2)CC[N-]c2ccccn2)nc1.c1ccc([N-]CCN(CC[N-]c2ccccn2)CC[N-]c2ccccn2)nc1. The van der Waals surface area contributed by atoms with Crippen molar-refractivity contribution in [3.63, 3.8) is 0 Å². The van der Waals surface area contributed by atoms with Crippen LogP contribution in [-0.4, -0.2) is 130 Å². The number of para-hydroxylation sites is 2. The van der Waals surface area contributed by atoms with Crippen LogP contribution in [0.25, 0.3) is 31.9 Å². The van der Waals surface area contributed by atoms with Crippen LogP contribution in [0.2, 0.25) is 0 Å². The predicted octanol–water partition coefficient (Wildman–Crippen LogP) is 15.7. The van der Waals surface area contributed by atoms with E-state index >= 15 is 0 Å². The Morgan fingerprint density at radius 3 is 0.696 bits per heavy atom. The van der Waals surface area contributed by atoms with Crippen LogP contribution in [0.15, 0.2) is 216 Å². The molecule has 0 spiro atoms. The molecule has 0 amide bonds. The molecule has 472 valence electrons. The van der Waals surface area contributed by atoms with Crippen LogP contribution in [0.1, 0.15) is 101 Å². The molecule has 0 atom stereocenters. The Morgan fingerprint density at radius 1 is 0.315 bits per heavy atom. The van der Waals surface area contributed by atoms with Gasteiger partial charge in [0.15, 0.2) is 0 Å². The Labute approximate surface area is 609 Å². The van der Waals surface area contributed by atoms with Gasteiger partial charge in [-0.2, -0.15) is 0 Å². The molecule has 92 heavy (non-hydrogen) atoms. The second-order valence-corrected chi connectivity index (χ2v) is 22.3. The first-order valence-electron chi connectivity index (χ1n) is 31.0. The summed E-state index contributed by atoms with van der Waals surface area (Å²) in [5, 5.41) is 53.4. The molecule has 0 bridgehead atoms. The smallest absolute Gasteiger partial charge is 0.871 e. The summed E-state index contributed by atoms with van der Waals surface area (Å²) in [4.78, 5) is 39.5. The zero-order valence-electron chi connectivity index (χ0n) is 54.2. The maximum absolute atomic E-state index is 13.1. The van der Waals surface area contributed by atoms with E-state index in [1.54, 1.807) is 37.2 Å². The van der Waals surface area contributed by atoms with Crippen molar-refractivity contribution in [2.45, 2.75) is 79.1 Å². The molecule has 0 unspecified atom stereocenters. The molecule has 0 fully saturated rings. The van der Waals surface area contributed by atoms with E-state index in [4.69, 9.17) is 9.98 Å². The summed E-state index contributed by atoms with van der Waals surface area (Å²) < 4.78 is 0. The molecule has 6 heterocycles. The van der Waals surface area contributed by atoms with Gasteiger partial charge < -0.3 is 81.8 Å². The number of aromatic nitrogens is 6. The maximum Gasteiger partial charge on any atom is 4.00 e. The maximum atomic E-state index is 13.1. The fourth-order valence-corrected chi connectivity index (χ4v) is 9.43. The number of benzene rings is 2. The molecule has 2 aromatic carbocycles. The van der Waals surface area contributed by atoms with Crippen LogP contribution in [0.5, 0.6) is 0 Å². The summed E-state index contributed by atoms with van der Waals surface area (Å²) in [7, 11) is 0. The largest absolute Gasteiger partial charge is 4.00 e. The molecule has 20 heteroatoms. The monoisotopic (exact) mass is 1670 g/mol. The zero-order valence-corrected chi connectivity index (χ0v) is 62.5. The summed E-state index contributed by atoms with van der Waals surface area (Å²) >= 11 is 0. The molecule has 0 radical (unpaired) electrons. The molecular formula is C72H84N16O2Th2. The van der Waals surface area contributed by atoms with Gasteiger partial charge in [0.05, 0.1) is 22.8 Å². The third-order valence-corrected chi connectivity index (χ3v) is 14.2. The van der Waals surface area contributed by atoms with Crippen molar-refractivity contribution in [1.29, 1.82) is 0 Å². The number of hydrogen-bond acceptors (Lipinski definition) is 12. The van der Waals surface area contributed by atoms with E-state index in [1.165, 1.54) is 12.2 Å². The average Bonchev–Trinajstić information content (AvgIpc) is 0.879. The Bertz CT molecular complexity index is 2960. The van der Waals surface area contributed by atoms with Gasteiger partial charge >= 0.3 is 79.9 Å². The Kier molecular flexibility index (Phi) is 34.9. The molecule has 0 N–H and O–H groups in total. The van der Waals surface area contributed by atoms with Crippen LogP contribution >= 0.6 is 0 Å². The number of aliphatic imine (C=N–C) groups is 2. The van der Waals surface area contributed by atoms with E-state index < -0.39 is 0 Å². The van der Waals surface area contributed by atoms with Gasteiger partial charge in [-0.05, 0) is 137 Å². The van der Waals surface area contributed by atoms with Gasteiger partial charge in [0.2, 0.25) is 0 Å². The van der Waals surface area contributed by atoms with E-state index in [1.807, 2.05) is 146 Å². The Morgan fingerprint density at radius 2 is 0.522 bits per heavy atom. The third kappa shape index (κ3) is 26.6. The van der Waals surface area contributed by atoms with Crippen LogP contribution in [0, 0.1) is 79.9 Å². The van der Waals surface area contributed by atoms with E-state index in [9.17, 15) is 10.2 Å². The van der Waals surface area contributed by atoms with E-state index in [-0.39, 0.29) is 126 Å². The molecule has 6 aromatic heterocycles. The number of allylic oxidation sites excluding steroid dienone is 2. The van der Waals surface area contributed by atoms with E-state index in [0.29, 0.717) is 39.3 Å². The molecule has 8 aromatic rings. The van der Waals surface area contributed by atoms with Crippen molar-refractivity contribution < 1.29 is 90.1 Å². The zero-order chi connectivity index (χ0) is 63.7. The minimum atomic E-state index is -0.292. The van der Waals surface area contributed by atoms with Crippen LogP contribution in [-0.2, 0) is 0 Å². The van der Waals surface area contributed by atoms with Crippen LogP contribution < -0.4 is 10.2 Å². The molecule has 1 aliphatic carbocycles. The van der Waals surface area contributed by atoms with Gasteiger partial charge in [-0.25, -0.2) is 9.98 Å². The molecule has 0 saturated heterocycles. The van der Waals surface area contributed by atoms with Crippen molar-refractivity contribution in [1.82, 2.24) is 39.7 Å². The van der Waals surface area contributed by atoms with Crippen molar-refractivity contribution in [2.24, 2.45) is 9.98 Å². The van der Waals surface area contributed by atoms with Gasteiger partial charge in [-0.15, -0.1) is 0 Å². The van der Waals surface area contributed by atoms with Crippen molar-refractivity contribution in [3.05, 3.63) is 261 Å². The van der Waals surface area contributed by atoms with Gasteiger partial charge in [-0.3, -0.25) is 0 Å². The van der Waals surface area contributed by atoms with Gasteiger partial charge in [0.1, 0.15) is 0 Å². The summed E-state index contributed by atoms with van der Waals surface area (Å²) in [6.45, 7) is 25.9. The molecule has 0 saturated carbocycles. The fourth-order valence-electron chi connectivity index (χ4n) is 9.43. The number of pyridine rings is 6. The topological polar surface area (TPSA) is 239 Å². The molecule has 1 aliphatic rings. The predicted molar refractivity (Wildman–Crippen MR) is 365 cm³/mol. The number of hydrogen-bond donors (Lipinski definition) is 0. The van der Waals surface area contributed by atoms with Gasteiger partial charge in [0, 0.05) is 0 Å². The first-order chi connectivity index (χ1) is 43.8.